The molecule has 3 aromatic rings. The minimum absolute atomic E-state index is 0.0623. The van der Waals surface area contributed by atoms with Crippen molar-refractivity contribution in [2.75, 3.05) is 38.0 Å². The maximum Gasteiger partial charge on any atom is 0.255 e. The molecule has 2 N–H and O–H groups in total. The number of amides is 6. The van der Waals surface area contributed by atoms with E-state index in [0.29, 0.717) is 87.6 Å². The van der Waals surface area contributed by atoms with Gasteiger partial charge in [0, 0.05) is 72.8 Å². The number of fused-ring (bicyclic) bond motifs is 4. The lowest BCUT2D eigenvalue weighted by atomic mass is 9.55. The molecule has 1 saturated carbocycles. The number of anilines is 1. The number of hydrogen-bond acceptors (Lipinski definition) is 7. The number of rotatable bonds is 7. The highest BCUT2D eigenvalue weighted by Crippen LogP contribution is 2.66. The Morgan fingerprint density at radius 1 is 0.848 bits per heavy atom. The molecule has 2 spiro atoms. The van der Waals surface area contributed by atoms with Gasteiger partial charge in [0.05, 0.1) is 11.1 Å². The Hall–Kier alpha value is -5.11. The van der Waals surface area contributed by atoms with Crippen LogP contribution >= 0.6 is 23.2 Å². The first-order valence-corrected chi connectivity index (χ1v) is 24.5. The highest BCUT2D eigenvalue weighted by atomic mass is 35.5. The summed E-state index contributed by atoms with van der Waals surface area (Å²) in [5, 5.41) is 5.91. The van der Waals surface area contributed by atoms with E-state index in [0.717, 1.165) is 48.8 Å². The number of carbonyl (C=O) groups excluding carboxylic acids is 6. The second-order valence-corrected chi connectivity index (χ2v) is 20.1. The maximum absolute atomic E-state index is 16.6. The summed E-state index contributed by atoms with van der Waals surface area (Å²) >= 11 is 13.0. The van der Waals surface area contributed by atoms with E-state index < -0.39 is 40.7 Å². The minimum atomic E-state index is -1.30. The van der Waals surface area contributed by atoms with E-state index >= 15 is 14.0 Å². The maximum atomic E-state index is 16.6. The molecule has 6 heterocycles. The summed E-state index contributed by atoms with van der Waals surface area (Å²) in [6.07, 6.45) is 11.4. The predicted octanol–water partition coefficient (Wildman–Crippen LogP) is 7.46. The summed E-state index contributed by atoms with van der Waals surface area (Å²) in [4.78, 5) is 89.7. The van der Waals surface area contributed by atoms with E-state index in [4.69, 9.17) is 23.2 Å². The lowest BCUT2D eigenvalue weighted by molar-refractivity contribution is -0.144. The van der Waals surface area contributed by atoms with Crippen LogP contribution in [0.1, 0.15) is 116 Å². The van der Waals surface area contributed by atoms with Gasteiger partial charge in [0.25, 0.3) is 5.91 Å². The second kappa shape index (κ2) is 17.5. The number of carbonyl (C=O) groups is 6. The van der Waals surface area contributed by atoms with Gasteiger partial charge in [-0.2, -0.15) is 0 Å². The Morgan fingerprint density at radius 2 is 1.56 bits per heavy atom. The standard InChI is InChI=1S/C51H55Cl2FN6O6/c1-2-60-44(42(35-10-7-11-38(53)43(35)54)51(50(60)22-4-3-5-23-50)37-15-14-33(52)28-39(37)55-49(51)66)48(65)58-26-20-32(21-27-58)46(63)57-24-18-30(19-25-57)12-13-31-8-6-9-34-36(31)29-59(47(34)64)40-16-17-41(61)56-45(40)62/h6-15,28,30,32,40,42,44H,2-5,16-27,29H2,1H3,(H,55,66)(H,56,61,62)/b13-12-/t40?,42-,44+,51+/m0/s1. The fourth-order valence-electron chi connectivity index (χ4n) is 13.1. The van der Waals surface area contributed by atoms with Crippen LogP contribution in [0.2, 0.25) is 10.0 Å². The van der Waals surface area contributed by atoms with Crippen molar-refractivity contribution >= 4 is 70.4 Å². The van der Waals surface area contributed by atoms with Crippen molar-refractivity contribution < 1.29 is 33.2 Å². The average Bonchev–Trinajstić information content (AvgIpc) is 3.90. The molecule has 7 aliphatic rings. The van der Waals surface area contributed by atoms with Crippen molar-refractivity contribution in [2.45, 2.75) is 113 Å². The van der Waals surface area contributed by atoms with Gasteiger partial charge in [-0.25, -0.2) is 4.39 Å². The van der Waals surface area contributed by atoms with Crippen molar-refractivity contribution in [3.63, 3.8) is 0 Å². The molecule has 0 bridgehead atoms. The molecule has 6 amide bonds. The molecule has 5 fully saturated rings. The van der Waals surface area contributed by atoms with Crippen LogP contribution in [0.4, 0.5) is 10.1 Å². The summed E-state index contributed by atoms with van der Waals surface area (Å²) in [5.74, 6) is -2.77. The first-order valence-electron chi connectivity index (χ1n) is 23.7. The largest absolute Gasteiger partial charge is 0.342 e. The van der Waals surface area contributed by atoms with Crippen molar-refractivity contribution in [1.29, 1.82) is 0 Å². The first kappa shape index (κ1) is 44.7. The number of halogens is 3. The predicted molar refractivity (Wildman–Crippen MR) is 248 cm³/mol. The van der Waals surface area contributed by atoms with Crippen LogP contribution in [-0.2, 0) is 35.9 Å². The van der Waals surface area contributed by atoms with Gasteiger partial charge < -0.3 is 20.0 Å². The molecule has 1 aliphatic carbocycles. The number of allylic oxidation sites excluding steroid dienone is 1. The third-order valence-electron chi connectivity index (χ3n) is 16.2. The summed E-state index contributed by atoms with van der Waals surface area (Å²) in [6.45, 7) is 4.77. The highest BCUT2D eigenvalue weighted by Gasteiger charge is 2.75. The SMILES string of the molecule is CCN1[C@@H](C(=O)N2CCC(C(=O)N3CCC(/C=C\c4cccc5c4CN(C4CCC(=O)NC4=O)C5=O)CC3)CC2)[C@H](c2cccc(Cl)c2F)[C@]2(C(=O)Nc3cc(Cl)ccc32)C12CCCCC2. The summed E-state index contributed by atoms with van der Waals surface area (Å²) in [5.41, 5.74) is 1.86. The van der Waals surface area contributed by atoms with Gasteiger partial charge >= 0.3 is 0 Å². The quantitative estimate of drug-likeness (QED) is 0.235. The number of likely N-dealkylation sites (N-methyl/N-ethyl adjacent to an activating group) is 1. The van der Waals surface area contributed by atoms with Crippen LogP contribution in [0.5, 0.6) is 0 Å². The van der Waals surface area contributed by atoms with Crippen LogP contribution in [0.15, 0.2) is 60.7 Å². The number of nitrogens with one attached hydrogen (secondary N) is 2. The Bertz CT molecular complexity index is 2550. The van der Waals surface area contributed by atoms with Crippen LogP contribution < -0.4 is 10.6 Å². The minimum Gasteiger partial charge on any atom is -0.342 e. The third-order valence-corrected chi connectivity index (χ3v) is 16.7. The van der Waals surface area contributed by atoms with E-state index in [9.17, 15) is 19.2 Å². The summed E-state index contributed by atoms with van der Waals surface area (Å²) in [6, 6.07) is 14.4. The van der Waals surface area contributed by atoms with E-state index in [2.05, 4.69) is 27.7 Å². The topological polar surface area (TPSA) is 139 Å². The highest BCUT2D eigenvalue weighted by molar-refractivity contribution is 6.31. The zero-order valence-corrected chi connectivity index (χ0v) is 38.6. The lowest BCUT2D eigenvalue weighted by Crippen LogP contribution is -2.61. The number of piperidine rings is 3. The molecule has 15 heteroatoms. The smallest absolute Gasteiger partial charge is 0.255 e. The molecule has 12 nitrogen and oxygen atoms in total. The van der Waals surface area contributed by atoms with E-state index in [1.54, 1.807) is 35.2 Å². The van der Waals surface area contributed by atoms with Crippen molar-refractivity contribution in [1.82, 2.24) is 24.9 Å². The normalized spacial score (nSPS) is 27.0. The number of imide groups is 1. The molecule has 4 atom stereocenters. The van der Waals surface area contributed by atoms with Crippen molar-refractivity contribution in [3.05, 3.63) is 104 Å². The molecular weight excluding hydrogens is 883 g/mol. The molecule has 0 aromatic heterocycles. The number of likely N-dealkylation sites (tertiary alicyclic amines) is 3. The molecule has 10 rings (SSSR count). The van der Waals surface area contributed by atoms with Crippen LogP contribution in [0.3, 0.4) is 0 Å². The number of hydrogen-bond donors (Lipinski definition) is 2. The fraction of sp³-hybridized carbons (Fsp3) is 0.490. The molecule has 66 heavy (non-hydrogen) atoms. The van der Waals surface area contributed by atoms with Gasteiger partial charge in [-0.1, -0.05) is 91.9 Å². The van der Waals surface area contributed by atoms with E-state index in [-0.39, 0.29) is 58.4 Å². The number of benzene rings is 3. The van der Waals surface area contributed by atoms with Gasteiger partial charge in [0.2, 0.25) is 29.5 Å². The third kappa shape index (κ3) is 7.09. The molecule has 6 aliphatic heterocycles. The van der Waals surface area contributed by atoms with Gasteiger partial charge in [-0.3, -0.25) is 39.0 Å². The fourth-order valence-corrected chi connectivity index (χ4v) is 13.5. The molecule has 4 saturated heterocycles. The monoisotopic (exact) mass is 936 g/mol. The van der Waals surface area contributed by atoms with Gasteiger partial charge in [-0.15, -0.1) is 0 Å². The van der Waals surface area contributed by atoms with Gasteiger partial charge in [-0.05, 0) is 104 Å². The van der Waals surface area contributed by atoms with E-state index in [1.165, 1.54) is 6.07 Å². The molecule has 0 radical (unpaired) electrons. The van der Waals surface area contributed by atoms with Gasteiger partial charge in [0.1, 0.15) is 17.3 Å². The molecular formula is C51H55Cl2FN6O6. The molecule has 3 aromatic carbocycles. The van der Waals surface area contributed by atoms with Gasteiger partial charge in [0.15, 0.2) is 0 Å². The van der Waals surface area contributed by atoms with Crippen LogP contribution in [-0.4, -0.2) is 105 Å². The lowest BCUT2D eigenvalue weighted by Gasteiger charge is -2.50. The summed E-state index contributed by atoms with van der Waals surface area (Å²) in [7, 11) is 0. The number of nitrogens with zero attached hydrogens (tertiary/aromatic N) is 4. The molecule has 1 unspecified atom stereocenters. The zero-order chi connectivity index (χ0) is 46.1. The van der Waals surface area contributed by atoms with Crippen molar-refractivity contribution in [2.24, 2.45) is 11.8 Å². The summed E-state index contributed by atoms with van der Waals surface area (Å²) < 4.78 is 16.6. The first-order chi connectivity index (χ1) is 31.9. The Morgan fingerprint density at radius 3 is 2.29 bits per heavy atom. The Kier molecular flexibility index (Phi) is 11.9. The van der Waals surface area contributed by atoms with Crippen molar-refractivity contribution in [3.8, 4) is 0 Å². The Balaban J connectivity index is 0.831. The zero-order valence-electron chi connectivity index (χ0n) is 37.1. The Labute approximate surface area is 394 Å². The average molecular weight is 938 g/mol. The second-order valence-electron chi connectivity index (χ2n) is 19.3. The molecule has 346 valence electrons. The van der Waals surface area contributed by atoms with Crippen LogP contribution in [0, 0.1) is 17.7 Å². The van der Waals surface area contributed by atoms with E-state index in [1.807, 2.05) is 34.9 Å². The van der Waals surface area contributed by atoms with Crippen LogP contribution in [0.25, 0.3) is 6.08 Å².